The number of aliphatic imine (C=N–C) groups is 1. The number of amides is 1. The van der Waals surface area contributed by atoms with E-state index >= 15 is 0 Å². The largest absolute Gasteiger partial charge is 0.356 e. The topological polar surface area (TPSA) is 56.7 Å². The van der Waals surface area contributed by atoms with Crippen molar-refractivity contribution in [2.45, 2.75) is 20.4 Å². The molecule has 1 amide bonds. The van der Waals surface area contributed by atoms with Crippen molar-refractivity contribution in [1.82, 2.24) is 15.5 Å². The van der Waals surface area contributed by atoms with E-state index in [1.54, 1.807) is 19.0 Å². The molecule has 0 radical (unpaired) electrons. The normalized spacial score (nSPS) is 11.5. The molecule has 0 aliphatic carbocycles. The third kappa shape index (κ3) is 7.31. The number of likely N-dealkylation sites (N-methyl/N-ethyl adjacent to an activating group) is 1. The summed E-state index contributed by atoms with van der Waals surface area (Å²) >= 11 is 5.87. The molecular formula is C16H25ClN4O. The van der Waals surface area contributed by atoms with E-state index in [0.29, 0.717) is 23.4 Å². The van der Waals surface area contributed by atoms with Crippen molar-refractivity contribution in [3.8, 4) is 0 Å². The summed E-state index contributed by atoms with van der Waals surface area (Å²) in [6.07, 6.45) is 0. The van der Waals surface area contributed by atoms with Gasteiger partial charge in [0.1, 0.15) is 0 Å². The van der Waals surface area contributed by atoms with E-state index in [1.165, 1.54) is 0 Å². The van der Waals surface area contributed by atoms with Gasteiger partial charge in [0.05, 0.1) is 13.1 Å². The molecule has 0 spiro atoms. The molecule has 0 aromatic heterocycles. The van der Waals surface area contributed by atoms with Crippen molar-refractivity contribution in [2.24, 2.45) is 10.9 Å². The van der Waals surface area contributed by atoms with Crippen molar-refractivity contribution in [1.29, 1.82) is 0 Å². The Bertz CT molecular complexity index is 497. The zero-order valence-corrected chi connectivity index (χ0v) is 14.4. The fraction of sp³-hybridized carbons (Fsp3) is 0.500. The Labute approximate surface area is 137 Å². The Morgan fingerprint density at radius 3 is 2.41 bits per heavy atom. The first-order chi connectivity index (χ1) is 10.4. The molecule has 2 N–H and O–H groups in total. The van der Waals surface area contributed by atoms with Crippen LogP contribution in [0.5, 0.6) is 0 Å². The number of carbonyl (C=O) groups is 1. The van der Waals surface area contributed by atoms with Gasteiger partial charge in [0, 0.05) is 25.7 Å². The van der Waals surface area contributed by atoms with Crippen molar-refractivity contribution < 1.29 is 4.79 Å². The number of halogens is 1. The third-order valence-corrected chi connectivity index (χ3v) is 3.17. The molecule has 0 heterocycles. The molecule has 6 heteroatoms. The zero-order valence-electron chi connectivity index (χ0n) is 13.7. The molecule has 0 atom stereocenters. The Morgan fingerprint density at radius 1 is 1.23 bits per heavy atom. The summed E-state index contributed by atoms with van der Waals surface area (Å²) in [6, 6.07) is 7.57. The lowest BCUT2D eigenvalue weighted by Crippen LogP contribution is -2.44. The van der Waals surface area contributed by atoms with Gasteiger partial charge in [-0.25, -0.2) is 4.99 Å². The third-order valence-electron chi connectivity index (χ3n) is 2.92. The van der Waals surface area contributed by atoms with Gasteiger partial charge in [-0.2, -0.15) is 0 Å². The SMILES string of the molecule is CC(C)CNC(=NCc1ccc(Cl)cc1)NCC(=O)N(C)C. The van der Waals surface area contributed by atoms with E-state index in [2.05, 4.69) is 29.5 Å². The lowest BCUT2D eigenvalue weighted by Gasteiger charge is -2.16. The number of guanidine groups is 1. The zero-order chi connectivity index (χ0) is 16.5. The van der Waals surface area contributed by atoms with E-state index in [-0.39, 0.29) is 12.5 Å². The Balaban J connectivity index is 2.64. The van der Waals surface area contributed by atoms with Crippen LogP contribution in [-0.4, -0.2) is 44.0 Å². The van der Waals surface area contributed by atoms with Crippen LogP contribution in [0.3, 0.4) is 0 Å². The Kier molecular flexibility index (Phi) is 7.74. The minimum absolute atomic E-state index is 0.00513. The molecule has 1 aromatic carbocycles. The number of rotatable bonds is 6. The summed E-state index contributed by atoms with van der Waals surface area (Å²) in [5.41, 5.74) is 1.06. The van der Waals surface area contributed by atoms with Crippen LogP contribution < -0.4 is 10.6 Å². The maximum atomic E-state index is 11.7. The minimum atomic E-state index is 0.00513. The van der Waals surface area contributed by atoms with E-state index in [4.69, 9.17) is 11.6 Å². The van der Waals surface area contributed by atoms with Gasteiger partial charge in [0.25, 0.3) is 0 Å². The van der Waals surface area contributed by atoms with Gasteiger partial charge in [-0.1, -0.05) is 37.6 Å². The van der Waals surface area contributed by atoms with Crippen molar-refractivity contribution in [2.75, 3.05) is 27.2 Å². The molecule has 1 rings (SSSR count). The van der Waals surface area contributed by atoms with Gasteiger partial charge in [-0.05, 0) is 23.6 Å². The molecule has 0 unspecified atom stereocenters. The molecule has 1 aromatic rings. The summed E-state index contributed by atoms with van der Waals surface area (Å²) < 4.78 is 0. The monoisotopic (exact) mass is 324 g/mol. The van der Waals surface area contributed by atoms with Crippen LogP contribution in [-0.2, 0) is 11.3 Å². The second-order valence-electron chi connectivity index (χ2n) is 5.71. The van der Waals surface area contributed by atoms with E-state index in [1.807, 2.05) is 24.3 Å². The average Bonchev–Trinajstić information content (AvgIpc) is 2.47. The molecule has 0 fully saturated rings. The highest BCUT2D eigenvalue weighted by molar-refractivity contribution is 6.30. The summed E-state index contributed by atoms with van der Waals surface area (Å²) in [5.74, 6) is 1.14. The summed E-state index contributed by atoms with van der Waals surface area (Å²) in [4.78, 5) is 17.7. The minimum Gasteiger partial charge on any atom is -0.356 e. The van der Waals surface area contributed by atoms with Gasteiger partial charge in [-0.15, -0.1) is 0 Å². The summed E-state index contributed by atoms with van der Waals surface area (Å²) in [5, 5.41) is 7.01. The van der Waals surface area contributed by atoms with Gasteiger partial charge in [-0.3, -0.25) is 4.79 Å². The molecule has 0 aliphatic rings. The highest BCUT2D eigenvalue weighted by Gasteiger charge is 2.06. The number of hydrogen-bond donors (Lipinski definition) is 2. The number of nitrogens with one attached hydrogen (secondary N) is 2. The molecule has 22 heavy (non-hydrogen) atoms. The predicted octanol–water partition coefficient (Wildman–Crippen LogP) is 2.12. The van der Waals surface area contributed by atoms with Crippen LogP contribution in [0.4, 0.5) is 0 Å². The highest BCUT2D eigenvalue weighted by atomic mass is 35.5. The number of hydrogen-bond acceptors (Lipinski definition) is 2. The second-order valence-corrected chi connectivity index (χ2v) is 6.14. The number of carbonyl (C=O) groups excluding carboxylic acids is 1. The van der Waals surface area contributed by atoms with Crippen LogP contribution in [0.1, 0.15) is 19.4 Å². The van der Waals surface area contributed by atoms with Crippen LogP contribution >= 0.6 is 11.6 Å². The van der Waals surface area contributed by atoms with Crippen molar-refractivity contribution >= 4 is 23.5 Å². The molecule has 5 nitrogen and oxygen atoms in total. The number of benzene rings is 1. The fourth-order valence-corrected chi connectivity index (χ4v) is 1.68. The average molecular weight is 325 g/mol. The smallest absolute Gasteiger partial charge is 0.241 e. The maximum Gasteiger partial charge on any atom is 0.241 e. The van der Waals surface area contributed by atoms with Gasteiger partial charge < -0.3 is 15.5 Å². The van der Waals surface area contributed by atoms with Crippen LogP contribution in [0.15, 0.2) is 29.3 Å². The molecule has 0 aliphatic heterocycles. The first kappa shape index (κ1) is 18.3. The molecule has 0 saturated heterocycles. The van der Waals surface area contributed by atoms with Crippen LogP contribution in [0.25, 0.3) is 0 Å². The predicted molar refractivity (Wildman–Crippen MR) is 92.1 cm³/mol. The van der Waals surface area contributed by atoms with E-state index in [0.717, 1.165) is 12.1 Å². The van der Waals surface area contributed by atoms with Gasteiger partial charge >= 0.3 is 0 Å². The highest BCUT2D eigenvalue weighted by Crippen LogP contribution is 2.10. The van der Waals surface area contributed by atoms with E-state index < -0.39 is 0 Å². The molecule has 122 valence electrons. The second kappa shape index (κ2) is 9.30. The Hall–Kier alpha value is -1.75. The van der Waals surface area contributed by atoms with Crippen LogP contribution in [0, 0.1) is 5.92 Å². The molecular weight excluding hydrogens is 300 g/mol. The molecule has 0 bridgehead atoms. The van der Waals surface area contributed by atoms with Crippen molar-refractivity contribution in [3.63, 3.8) is 0 Å². The van der Waals surface area contributed by atoms with Crippen molar-refractivity contribution in [3.05, 3.63) is 34.9 Å². The maximum absolute atomic E-state index is 11.7. The Morgan fingerprint density at radius 2 is 1.86 bits per heavy atom. The summed E-state index contributed by atoms with van der Waals surface area (Å²) in [6.45, 7) is 5.78. The first-order valence-electron chi connectivity index (χ1n) is 7.35. The van der Waals surface area contributed by atoms with E-state index in [9.17, 15) is 4.79 Å². The standard InChI is InChI=1S/C16H25ClN4O/c1-12(2)9-18-16(20-11-15(22)21(3)4)19-10-13-5-7-14(17)8-6-13/h5-8,12H,9-11H2,1-4H3,(H2,18,19,20). The fourth-order valence-electron chi connectivity index (χ4n) is 1.55. The number of nitrogens with zero attached hydrogens (tertiary/aromatic N) is 2. The van der Waals surface area contributed by atoms with Crippen LogP contribution in [0.2, 0.25) is 5.02 Å². The first-order valence-corrected chi connectivity index (χ1v) is 7.73. The summed E-state index contributed by atoms with van der Waals surface area (Å²) in [7, 11) is 3.46. The lowest BCUT2D eigenvalue weighted by atomic mass is 10.2. The van der Waals surface area contributed by atoms with Gasteiger partial charge in [0.15, 0.2) is 5.96 Å². The van der Waals surface area contributed by atoms with Gasteiger partial charge in [0.2, 0.25) is 5.91 Å². The quantitative estimate of drug-likeness (QED) is 0.622. The lowest BCUT2D eigenvalue weighted by molar-refractivity contribution is -0.127. The molecule has 0 saturated carbocycles.